The van der Waals surface area contributed by atoms with E-state index in [0.29, 0.717) is 18.1 Å². The molecule has 0 saturated carbocycles. The van der Waals surface area contributed by atoms with E-state index in [1.165, 1.54) is 6.07 Å². The van der Waals surface area contributed by atoms with Crippen LogP contribution in [0.5, 0.6) is 11.5 Å². The van der Waals surface area contributed by atoms with Crippen molar-refractivity contribution >= 4 is 5.97 Å². The maximum Gasteiger partial charge on any atom is 0.339 e. The molecular weight excluding hydrogens is 274 g/mol. The zero-order chi connectivity index (χ0) is 15.4. The van der Waals surface area contributed by atoms with Crippen LogP contribution in [0.1, 0.15) is 34.3 Å². The Morgan fingerprint density at radius 3 is 2.67 bits per heavy atom. The molecule has 6 nitrogen and oxygen atoms in total. The van der Waals surface area contributed by atoms with Crippen molar-refractivity contribution in [1.29, 1.82) is 0 Å². The summed E-state index contributed by atoms with van der Waals surface area (Å²) < 4.78 is 16.0. The van der Waals surface area contributed by atoms with E-state index in [-0.39, 0.29) is 17.9 Å². The van der Waals surface area contributed by atoms with Crippen molar-refractivity contribution in [2.24, 2.45) is 0 Å². The number of hydrogen-bond acceptors (Lipinski definition) is 5. The van der Waals surface area contributed by atoms with Gasteiger partial charge in [0.15, 0.2) is 0 Å². The van der Waals surface area contributed by atoms with Crippen molar-refractivity contribution in [3.05, 3.63) is 40.8 Å². The summed E-state index contributed by atoms with van der Waals surface area (Å²) in [7, 11) is 0. The molecule has 1 heterocycles. The Hall–Kier alpha value is -2.50. The van der Waals surface area contributed by atoms with Gasteiger partial charge in [-0.05, 0) is 32.9 Å². The van der Waals surface area contributed by atoms with Gasteiger partial charge >= 0.3 is 5.97 Å². The second-order valence-corrected chi connectivity index (χ2v) is 4.49. The molecule has 2 aromatic rings. The number of aryl methyl sites for hydroxylation is 2. The maximum atomic E-state index is 11.2. The standard InChI is InChI=1S/C15H17NO5/c1-4-19-11-5-6-12(15(17)18)14(7-11)20-8-13-9(2)16-21-10(13)3/h5-7H,4,8H2,1-3H3,(H,17,18). The van der Waals surface area contributed by atoms with E-state index in [1.54, 1.807) is 19.1 Å². The predicted molar refractivity (Wildman–Crippen MR) is 74.9 cm³/mol. The van der Waals surface area contributed by atoms with Gasteiger partial charge in [0.05, 0.1) is 17.9 Å². The number of ether oxygens (including phenoxy) is 2. The Morgan fingerprint density at radius 2 is 2.10 bits per heavy atom. The van der Waals surface area contributed by atoms with Crippen LogP contribution in [0.3, 0.4) is 0 Å². The molecule has 0 unspecified atom stereocenters. The summed E-state index contributed by atoms with van der Waals surface area (Å²) in [4.78, 5) is 11.2. The highest BCUT2D eigenvalue weighted by atomic mass is 16.5. The van der Waals surface area contributed by atoms with Crippen LogP contribution in [0.25, 0.3) is 0 Å². The molecule has 0 aliphatic heterocycles. The maximum absolute atomic E-state index is 11.2. The molecule has 0 bridgehead atoms. The zero-order valence-electron chi connectivity index (χ0n) is 12.2. The first-order valence-electron chi connectivity index (χ1n) is 6.57. The third-order valence-electron chi connectivity index (χ3n) is 3.05. The molecule has 0 spiro atoms. The van der Waals surface area contributed by atoms with E-state index >= 15 is 0 Å². The number of aromatic carboxylic acids is 1. The highest BCUT2D eigenvalue weighted by molar-refractivity contribution is 5.91. The summed E-state index contributed by atoms with van der Waals surface area (Å²) in [5.74, 6) is 0.432. The third kappa shape index (κ3) is 3.34. The lowest BCUT2D eigenvalue weighted by Gasteiger charge is -2.11. The number of aromatic nitrogens is 1. The van der Waals surface area contributed by atoms with Gasteiger partial charge in [-0.25, -0.2) is 4.79 Å². The topological polar surface area (TPSA) is 81.8 Å². The highest BCUT2D eigenvalue weighted by Gasteiger charge is 2.15. The number of nitrogens with zero attached hydrogens (tertiary/aromatic N) is 1. The summed E-state index contributed by atoms with van der Waals surface area (Å²) in [5, 5.41) is 13.0. The average Bonchev–Trinajstić information content (AvgIpc) is 2.76. The average molecular weight is 291 g/mol. The van der Waals surface area contributed by atoms with Crippen LogP contribution in [0.15, 0.2) is 22.7 Å². The molecule has 0 fully saturated rings. The van der Waals surface area contributed by atoms with E-state index in [1.807, 2.05) is 13.8 Å². The Labute approximate surface area is 122 Å². The minimum absolute atomic E-state index is 0.0882. The van der Waals surface area contributed by atoms with E-state index in [4.69, 9.17) is 14.0 Å². The number of carbonyl (C=O) groups is 1. The zero-order valence-corrected chi connectivity index (χ0v) is 12.2. The Kier molecular flexibility index (Phi) is 4.47. The molecule has 6 heteroatoms. The van der Waals surface area contributed by atoms with Crippen molar-refractivity contribution in [3.8, 4) is 11.5 Å². The van der Waals surface area contributed by atoms with Crippen LogP contribution in [-0.2, 0) is 6.61 Å². The molecule has 21 heavy (non-hydrogen) atoms. The van der Waals surface area contributed by atoms with Gasteiger partial charge in [-0.1, -0.05) is 5.16 Å². The number of hydrogen-bond donors (Lipinski definition) is 1. The monoisotopic (exact) mass is 291 g/mol. The highest BCUT2D eigenvalue weighted by Crippen LogP contribution is 2.26. The molecule has 0 aliphatic carbocycles. The number of carboxylic acid groups (broad SMARTS) is 1. The molecule has 0 amide bonds. The lowest BCUT2D eigenvalue weighted by Crippen LogP contribution is -2.05. The SMILES string of the molecule is CCOc1ccc(C(=O)O)c(OCc2c(C)noc2C)c1. The summed E-state index contributed by atoms with van der Waals surface area (Å²) in [5.41, 5.74) is 1.63. The smallest absolute Gasteiger partial charge is 0.339 e. The van der Waals surface area contributed by atoms with E-state index in [2.05, 4.69) is 5.16 Å². The van der Waals surface area contributed by atoms with E-state index in [9.17, 15) is 9.90 Å². The Morgan fingerprint density at radius 1 is 1.33 bits per heavy atom. The fraction of sp³-hybridized carbons (Fsp3) is 0.333. The van der Waals surface area contributed by atoms with Crippen LogP contribution in [0.2, 0.25) is 0 Å². The normalized spacial score (nSPS) is 10.4. The predicted octanol–water partition coefficient (Wildman–Crippen LogP) is 2.97. The first kappa shape index (κ1) is 14.9. The minimum Gasteiger partial charge on any atom is -0.494 e. The van der Waals surface area contributed by atoms with Gasteiger partial charge in [0.25, 0.3) is 0 Å². The number of rotatable bonds is 6. The van der Waals surface area contributed by atoms with Gasteiger partial charge in [0.1, 0.15) is 29.4 Å². The largest absolute Gasteiger partial charge is 0.494 e. The van der Waals surface area contributed by atoms with Crippen LogP contribution in [0.4, 0.5) is 0 Å². The van der Waals surface area contributed by atoms with Crippen LogP contribution >= 0.6 is 0 Å². The second-order valence-electron chi connectivity index (χ2n) is 4.49. The molecule has 0 aliphatic rings. The van der Waals surface area contributed by atoms with E-state index in [0.717, 1.165) is 11.3 Å². The minimum atomic E-state index is -1.05. The van der Waals surface area contributed by atoms with Crippen LogP contribution in [-0.4, -0.2) is 22.8 Å². The molecule has 0 saturated heterocycles. The summed E-state index contributed by atoms with van der Waals surface area (Å²) >= 11 is 0. The lowest BCUT2D eigenvalue weighted by molar-refractivity contribution is 0.0691. The van der Waals surface area contributed by atoms with Gasteiger partial charge in [-0.3, -0.25) is 0 Å². The second kappa shape index (κ2) is 6.30. The Bertz CT molecular complexity index is 628. The van der Waals surface area contributed by atoms with Crippen molar-refractivity contribution < 1.29 is 23.9 Å². The molecule has 0 atom stereocenters. The van der Waals surface area contributed by atoms with Crippen molar-refractivity contribution in [3.63, 3.8) is 0 Å². The lowest BCUT2D eigenvalue weighted by atomic mass is 10.2. The molecule has 0 radical (unpaired) electrons. The third-order valence-corrected chi connectivity index (χ3v) is 3.05. The van der Waals surface area contributed by atoms with Gasteiger partial charge in [-0.15, -0.1) is 0 Å². The summed E-state index contributed by atoms with van der Waals surface area (Å²) in [6, 6.07) is 4.65. The van der Waals surface area contributed by atoms with Crippen molar-refractivity contribution in [2.75, 3.05) is 6.61 Å². The quantitative estimate of drug-likeness (QED) is 0.881. The van der Waals surface area contributed by atoms with Gasteiger partial charge in [0, 0.05) is 6.07 Å². The molecule has 1 aromatic carbocycles. The molecule has 112 valence electrons. The fourth-order valence-corrected chi connectivity index (χ4v) is 1.91. The molecule has 1 aromatic heterocycles. The summed E-state index contributed by atoms with van der Waals surface area (Å²) in [6.07, 6.45) is 0. The Balaban J connectivity index is 2.24. The van der Waals surface area contributed by atoms with Crippen molar-refractivity contribution in [1.82, 2.24) is 5.16 Å². The molecule has 1 N–H and O–H groups in total. The molecular formula is C15H17NO5. The van der Waals surface area contributed by atoms with Gasteiger partial charge in [0.2, 0.25) is 0 Å². The van der Waals surface area contributed by atoms with Gasteiger partial charge in [-0.2, -0.15) is 0 Å². The summed E-state index contributed by atoms with van der Waals surface area (Å²) in [6.45, 7) is 6.14. The first-order valence-corrected chi connectivity index (χ1v) is 6.57. The number of carboxylic acids is 1. The van der Waals surface area contributed by atoms with Crippen LogP contribution < -0.4 is 9.47 Å². The van der Waals surface area contributed by atoms with Crippen molar-refractivity contribution in [2.45, 2.75) is 27.4 Å². The van der Waals surface area contributed by atoms with E-state index < -0.39 is 5.97 Å². The van der Waals surface area contributed by atoms with Crippen LogP contribution in [0, 0.1) is 13.8 Å². The fourth-order valence-electron chi connectivity index (χ4n) is 1.91. The molecule has 2 rings (SSSR count). The number of benzene rings is 1. The first-order chi connectivity index (χ1) is 10.0. The van der Waals surface area contributed by atoms with Gasteiger partial charge < -0.3 is 19.1 Å².